The summed E-state index contributed by atoms with van der Waals surface area (Å²) in [4.78, 5) is 0. The molecule has 0 saturated heterocycles. The van der Waals surface area contributed by atoms with Gasteiger partial charge in [-0.1, -0.05) is 12.1 Å². The van der Waals surface area contributed by atoms with Crippen molar-refractivity contribution in [3.05, 3.63) is 29.3 Å². The Morgan fingerprint density at radius 2 is 1.68 bits per heavy atom. The van der Waals surface area contributed by atoms with Crippen molar-refractivity contribution in [3.8, 4) is 5.75 Å². The lowest BCUT2D eigenvalue weighted by Gasteiger charge is -2.26. The van der Waals surface area contributed by atoms with Crippen LogP contribution in [0.15, 0.2) is 18.2 Å². The molecule has 108 valence electrons. The molecule has 1 rings (SSSR count). The highest BCUT2D eigenvalue weighted by molar-refractivity contribution is 5.39. The standard InChI is InChI=1S/C15H25NO3/c1-10-7-8-13(14(9-10)17-4)11(2)16-12(3)15(18-5)19-6/h7-9,11-12,15-16H,1-6H3. The maximum Gasteiger partial charge on any atom is 0.171 e. The maximum atomic E-state index is 5.44. The van der Waals surface area contributed by atoms with Crippen LogP contribution in [-0.4, -0.2) is 33.7 Å². The van der Waals surface area contributed by atoms with Crippen molar-refractivity contribution < 1.29 is 14.2 Å². The van der Waals surface area contributed by atoms with Gasteiger partial charge < -0.3 is 19.5 Å². The van der Waals surface area contributed by atoms with Gasteiger partial charge in [0.1, 0.15) is 5.75 Å². The molecule has 1 aromatic rings. The van der Waals surface area contributed by atoms with Gasteiger partial charge in [-0.15, -0.1) is 0 Å². The molecule has 0 bridgehead atoms. The largest absolute Gasteiger partial charge is 0.496 e. The number of nitrogens with one attached hydrogen (secondary N) is 1. The van der Waals surface area contributed by atoms with Gasteiger partial charge in [0.15, 0.2) is 6.29 Å². The molecule has 0 saturated carbocycles. The number of hydrogen-bond acceptors (Lipinski definition) is 4. The Kier molecular flexibility index (Phi) is 6.28. The minimum atomic E-state index is -0.265. The summed E-state index contributed by atoms with van der Waals surface area (Å²) in [6.45, 7) is 6.19. The van der Waals surface area contributed by atoms with Crippen molar-refractivity contribution in [3.63, 3.8) is 0 Å². The van der Waals surface area contributed by atoms with Gasteiger partial charge in [-0.2, -0.15) is 0 Å². The number of aryl methyl sites for hydroxylation is 1. The highest BCUT2D eigenvalue weighted by atomic mass is 16.7. The zero-order valence-electron chi connectivity index (χ0n) is 12.7. The van der Waals surface area contributed by atoms with E-state index in [4.69, 9.17) is 14.2 Å². The third kappa shape index (κ3) is 4.20. The molecule has 1 N–H and O–H groups in total. The van der Waals surface area contributed by atoms with Crippen molar-refractivity contribution in [1.82, 2.24) is 5.32 Å². The predicted molar refractivity (Wildman–Crippen MR) is 76.5 cm³/mol. The molecule has 0 radical (unpaired) electrons. The first-order chi connectivity index (χ1) is 9.03. The first-order valence-corrected chi connectivity index (χ1v) is 6.49. The predicted octanol–water partition coefficient (Wildman–Crippen LogP) is 2.66. The second kappa shape index (κ2) is 7.48. The van der Waals surface area contributed by atoms with Crippen LogP contribution in [0.5, 0.6) is 5.75 Å². The van der Waals surface area contributed by atoms with Crippen LogP contribution in [0.1, 0.15) is 31.0 Å². The van der Waals surface area contributed by atoms with E-state index < -0.39 is 0 Å². The van der Waals surface area contributed by atoms with Gasteiger partial charge in [-0.3, -0.25) is 0 Å². The molecule has 0 aliphatic heterocycles. The minimum absolute atomic E-state index is 0.0796. The number of rotatable bonds is 7. The summed E-state index contributed by atoms with van der Waals surface area (Å²) < 4.78 is 16.0. The van der Waals surface area contributed by atoms with E-state index >= 15 is 0 Å². The van der Waals surface area contributed by atoms with Gasteiger partial charge in [0.05, 0.1) is 13.2 Å². The smallest absolute Gasteiger partial charge is 0.171 e. The van der Waals surface area contributed by atoms with E-state index in [0.717, 1.165) is 11.3 Å². The number of benzene rings is 1. The van der Waals surface area contributed by atoms with E-state index in [1.165, 1.54) is 5.56 Å². The van der Waals surface area contributed by atoms with Crippen LogP contribution >= 0.6 is 0 Å². The monoisotopic (exact) mass is 267 g/mol. The van der Waals surface area contributed by atoms with Crippen LogP contribution in [0.25, 0.3) is 0 Å². The Morgan fingerprint density at radius 1 is 1.05 bits per heavy atom. The topological polar surface area (TPSA) is 39.7 Å². The molecule has 4 heteroatoms. The fourth-order valence-electron chi connectivity index (χ4n) is 2.24. The van der Waals surface area contributed by atoms with Gasteiger partial charge in [-0.05, 0) is 32.4 Å². The van der Waals surface area contributed by atoms with Gasteiger partial charge in [0.2, 0.25) is 0 Å². The van der Waals surface area contributed by atoms with E-state index in [1.807, 2.05) is 13.0 Å². The molecule has 2 atom stereocenters. The average molecular weight is 267 g/mol. The lowest BCUT2D eigenvalue weighted by Crippen LogP contribution is -2.40. The van der Waals surface area contributed by atoms with Crippen molar-refractivity contribution in [1.29, 1.82) is 0 Å². The van der Waals surface area contributed by atoms with Gasteiger partial charge in [0.25, 0.3) is 0 Å². The molecule has 0 amide bonds. The number of ether oxygens (including phenoxy) is 3. The first-order valence-electron chi connectivity index (χ1n) is 6.49. The molecule has 4 nitrogen and oxygen atoms in total. The molecular weight excluding hydrogens is 242 g/mol. The van der Waals surface area contributed by atoms with E-state index in [0.29, 0.717) is 0 Å². The summed E-state index contributed by atoms with van der Waals surface area (Å²) >= 11 is 0. The average Bonchev–Trinajstić information content (AvgIpc) is 2.39. The molecular formula is C15H25NO3. The molecule has 0 spiro atoms. The molecule has 0 fully saturated rings. The second-order valence-electron chi connectivity index (χ2n) is 4.76. The van der Waals surface area contributed by atoms with Gasteiger partial charge in [-0.25, -0.2) is 0 Å². The Labute approximate surface area is 116 Å². The van der Waals surface area contributed by atoms with Crippen LogP contribution in [0, 0.1) is 6.92 Å². The summed E-state index contributed by atoms with van der Waals surface area (Å²) in [6, 6.07) is 6.45. The molecule has 0 aliphatic rings. The summed E-state index contributed by atoms with van der Waals surface area (Å²) in [5.41, 5.74) is 2.32. The Balaban J connectivity index is 2.80. The highest BCUT2D eigenvalue weighted by Gasteiger charge is 2.20. The van der Waals surface area contributed by atoms with Crippen LogP contribution in [0.3, 0.4) is 0 Å². The maximum absolute atomic E-state index is 5.44. The minimum Gasteiger partial charge on any atom is -0.496 e. The van der Waals surface area contributed by atoms with Gasteiger partial charge >= 0.3 is 0 Å². The van der Waals surface area contributed by atoms with Crippen molar-refractivity contribution in [2.75, 3.05) is 21.3 Å². The Morgan fingerprint density at radius 3 is 2.21 bits per heavy atom. The van der Waals surface area contributed by atoms with Crippen molar-refractivity contribution in [2.45, 2.75) is 39.1 Å². The molecule has 1 aromatic carbocycles. The molecule has 19 heavy (non-hydrogen) atoms. The van der Waals surface area contributed by atoms with Crippen molar-refractivity contribution in [2.24, 2.45) is 0 Å². The van der Waals surface area contributed by atoms with Gasteiger partial charge in [0, 0.05) is 25.8 Å². The summed E-state index contributed by atoms with van der Waals surface area (Å²) in [7, 11) is 4.98. The van der Waals surface area contributed by atoms with E-state index in [1.54, 1.807) is 21.3 Å². The second-order valence-corrected chi connectivity index (χ2v) is 4.76. The Bertz CT molecular complexity index is 391. The summed E-state index contributed by atoms with van der Waals surface area (Å²) in [5.74, 6) is 0.901. The zero-order valence-corrected chi connectivity index (χ0v) is 12.7. The van der Waals surface area contributed by atoms with E-state index in [9.17, 15) is 0 Å². The lowest BCUT2D eigenvalue weighted by molar-refractivity contribution is -0.120. The van der Waals surface area contributed by atoms with E-state index in [2.05, 4.69) is 31.3 Å². The third-order valence-electron chi connectivity index (χ3n) is 3.24. The summed E-state index contributed by atoms with van der Waals surface area (Å²) in [6.07, 6.45) is -0.265. The fraction of sp³-hybridized carbons (Fsp3) is 0.600. The normalized spacial score (nSPS) is 14.5. The van der Waals surface area contributed by atoms with Crippen LogP contribution in [-0.2, 0) is 9.47 Å². The lowest BCUT2D eigenvalue weighted by atomic mass is 10.0. The SMILES string of the molecule is COc1cc(C)ccc1C(C)NC(C)C(OC)OC. The van der Waals surface area contributed by atoms with Crippen molar-refractivity contribution >= 4 is 0 Å². The quantitative estimate of drug-likeness (QED) is 0.771. The number of hydrogen-bond donors (Lipinski definition) is 1. The molecule has 0 aromatic heterocycles. The first kappa shape index (κ1) is 16.0. The fourth-order valence-corrected chi connectivity index (χ4v) is 2.24. The summed E-state index contributed by atoms with van der Waals surface area (Å²) in [5, 5.41) is 3.46. The van der Waals surface area contributed by atoms with Crippen LogP contribution in [0.4, 0.5) is 0 Å². The number of methoxy groups -OCH3 is 3. The molecule has 0 aliphatic carbocycles. The molecule has 2 unspecified atom stereocenters. The van der Waals surface area contributed by atoms with Crippen LogP contribution < -0.4 is 10.1 Å². The molecule has 0 heterocycles. The highest BCUT2D eigenvalue weighted by Crippen LogP contribution is 2.26. The van der Waals surface area contributed by atoms with E-state index in [-0.39, 0.29) is 18.4 Å². The zero-order chi connectivity index (χ0) is 14.4. The van der Waals surface area contributed by atoms with Crippen LogP contribution in [0.2, 0.25) is 0 Å². The third-order valence-corrected chi connectivity index (χ3v) is 3.24. The Hall–Kier alpha value is -1.10.